The molecule has 3 heterocycles. The third kappa shape index (κ3) is 5.87. The third-order valence-corrected chi connectivity index (χ3v) is 6.45. The van der Waals surface area contributed by atoms with Gasteiger partial charge < -0.3 is 19.9 Å². The zero-order chi connectivity index (χ0) is 20.1. The fourth-order valence-corrected chi connectivity index (χ4v) is 4.80. The number of aromatic nitrogens is 2. The van der Waals surface area contributed by atoms with Crippen molar-refractivity contribution in [2.24, 2.45) is 4.99 Å². The Labute approximate surface area is 197 Å². The van der Waals surface area contributed by atoms with Crippen LogP contribution in [0.15, 0.2) is 29.4 Å². The van der Waals surface area contributed by atoms with Crippen molar-refractivity contribution >= 4 is 35.6 Å². The van der Waals surface area contributed by atoms with E-state index < -0.39 is 0 Å². The number of nitrogens with zero attached hydrogens (tertiary/aromatic N) is 4. The molecule has 2 aliphatic rings. The van der Waals surface area contributed by atoms with Crippen LogP contribution in [0.2, 0.25) is 0 Å². The monoisotopic (exact) mass is 524 g/mol. The molecule has 0 spiro atoms. The van der Waals surface area contributed by atoms with E-state index in [1.807, 2.05) is 6.07 Å². The molecule has 0 bridgehead atoms. The maximum atomic E-state index is 4.82. The van der Waals surface area contributed by atoms with Crippen molar-refractivity contribution in [3.63, 3.8) is 0 Å². The molecule has 1 aliphatic carbocycles. The van der Waals surface area contributed by atoms with Gasteiger partial charge in [0.05, 0.1) is 12.2 Å². The second kappa shape index (κ2) is 11.3. The number of piperidine rings is 1. The Balaban J connectivity index is 0.00000256. The van der Waals surface area contributed by atoms with E-state index in [0.717, 1.165) is 29.9 Å². The highest BCUT2D eigenvalue weighted by Gasteiger charge is 2.26. The van der Waals surface area contributed by atoms with Crippen LogP contribution in [0, 0.1) is 6.92 Å². The lowest BCUT2D eigenvalue weighted by atomic mass is 9.92. The molecule has 2 fully saturated rings. The van der Waals surface area contributed by atoms with E-state index in [4.69, 9.17) is 9.98 Å². The molecule has 30 heavy (non-hydrogen) atoms. The number of hydrogen-bond donors (Lipinski definition) is 2. The first-order chi connectivity index (χ1) is 14.2. The van der Waals surface area contributed by atoms with Crippen molar-refractivity contribution in [1.29, 1.82) is 0 Å². The summed E-state index contributed by atoms with van der Waals surface area (Å²) < 4.78 is 2.13. The molecule has 4 rings (SSSR count). The Kier molecular flexibility index (Phi) is 8.80. The summed E-state index contributed by atoms with van der Waals surface area (Å²) in [5.74, 6) is 0.914. The van der Waals surface area contributed by atoms with Gasteiger partial charge in [-0.15, -0.1) is 24.0 Å². The van der Waals surface area contributed by atoms with Gasteiger partial charge in [0, 0.05) is 43.6 Å². The van der Waals surface area contributed by atoms with E-state index >= 15 is 0 Å². The summed E-state index contributed by atoms with van der Waals surface area (Å²) in [6.45, 7) is 8.12. The smallest absolute Gasteiger partial charge is 0.191 e. The van der Waals surface area contributed by atoms with Crippen LogP contribution in [0.5, 0.6) is 0 Å². The van der Waals surface area contributed by atoms with Gasteiger partial charge in [0.15, 0.2) is 5.96 Å². The Morgan fingerprint density at radius 2 is 1.90 bits per heavy atom. The Bertz CT molecular complexity index is 818. The molecular formula is C23H37IN6. The van der Waals surface area contributed by atoms with Gasteiger partial charge in [-0.05, 0) is 51.7 Å². The lowest BCUT2D eigenvalue weighted by Gasteiger charge is -2.39. The van der Waals surface area contributed by atoms with Crippen molar-refractivity contribution in [3.05, 3.63) is 35.8 Å². The number of halogens is 1. The van der Waals surface area contributed by atoms with Gasteiger partial charge in [0.2, 0.25) is 0 Å². The second-order valence-corrected chi connectivity index (χ2v) is 8.57. The molecule has 1 saturated carbocycles. The molecule has 1 saturated heterocycles. The molecule has 0 unspecified atom stereocenters. The number of aryl methyl sites for hydroxylation is 1. The topological polar surface area (TPSA) is 57.0 Å². The minimum atomic E-state index is 0. The minimum absolute atomic E-state index is 0. The number of pyridine rings is 1. The van der Waals surface area contributed by atoms with Gasteiger partial charge in [-0.1, -0.05) is 25.3 Å². The lowest BCUT2D eigenvalue weighted by molar-refractivity contribution is 0.119. The van der Waals surface area contributed by atoms with Crippen LogP contribution in [-0.2, 0) is 6.54 Å². The Morgan fingerprint density at radius 3 is 2.60 bits per heavy atom. The predicted octanol–water partition coefficient (Wildman–Crippen LogP) is 4.11. The third-order valence-electron chi connectivity index (χ3n) is 6.45. The number of fused-ring (bicyclic) bond motifs is 1. The first-order valence-corrected chi connectivity index (χ1v) is 11.5. The molecule has 7 heteroatoms. The lowest BCUT2D eigenvalue weighted by Crippen LogP contribution is -2.50. The molecule has 2 N–H and O–H groups in total. The summed E-state index contributed by atoms with van der Waals surface area (Å²) in [5, 5.41) is 7.08. The Hall–Kier alpha value is -1.35. The summed E-state index contributed by atoms with van der Waals surface area (Å²) in [6.07, 6.45) is 11.6. The first kappa shape index (κ1) is 23.3. The van der Waals surface area contributed by atoms with Crippen LogP contribution < -0.4 is 10.6 Å². The fourth-order valence-electron chi connectivity index (χ4n) is 4.80. The molecular weight excluding hydrogens is 487 g/mol. The van der Waals surface area contributed by atoms with E-state index in [1.54, 1.807) is 0 Å². The van der Waals surface area contributed by atoms with Crippen LogP contribution >= 0.6 is 24.0 Å². The summed E-state index contributed by atoms with van der Waals surface area (Å²) >= 11 is 0. The van der Waals surface area contributed by atoms with E-state index in [0.29, 0.717) is 12.6 Å². The van der Waals surface area contributed by atoms with E-state index in [9.17, 15) is 0 Å². The van der Waals surface area contributed by atoms with Crippen LogP contribution in [0.4, 0.5) is 0 Å². The van der Waals surface area contributed by atoms with Crippen molar-refractivity contribution in [1.82, 2.24) is 24.9 Å². The Morgan fingerprint density at radius 1 is 1.13 bits per heavy atom. The number of nitrogens with one attached hydrogen (secondary N) is 2. The summed E-state index contributed by atoms with van der Waals surface area (Å²) in [6, 6.07) is 7.55. The number of likely N-dealkylation sites (tertiary alicyclic amines) is 1. The van der Waals surface area contributed by atoms with Crippen LogP contribution in [0.1, 0.15) is 63.3 Å². The van der Waals surface area contributed by atoms with Crippen molar-refractivity contribution in [2.75, 3.05) is 19.6 Å². The SMILES string of the molecule is CCNC(=NCc1cn2c(C)cccc2n1)NC1CCN(C2CCCCC2)CC1.I. The van der Waals surface area contributed by atoms with E-state index in [-0.39, 0.29) is 24.0 Å². The van der Waals surface area contributed by atoms with E-state index in [2.05, 4.69) is 52.1 Å². The van der Waals surface area contributed by atoms with Crippen molar-refractivity contribution in [2.45, 2.75) is 77.4 Å². The number of guanidine groups is 1. The normalized spacial score (nSPS) is 19.6. The number of hydrogen-bond acceptors (Lipinski definition) is 3. The maximum absolute atomic E-state index is 4.82. The predicted molar refractivity (Wildman–Crippen MR) is 135 cm³/mol. The van der Waals surface area contributed by atoms with Gasteiger partial charge in [0.25, 0.3) is 0 Å². The van der Waals surface area contributed by atoms with Crippen molar-refractivity contribution in [3.8, 4) is 0 Å². The second-order valence-electron chi connectivity index (χ2n) is 8.57. The van der Waals surface area contributed by atoms with E-state index in [1.165, 1.54) is 63.7 Å². The zero-order valence-corrected chi connectivity index (χ0v) is 20.8. The molecule has 0 aromatic carbocycles. The average Bonchev–Trinajstić information content (AvgIpc) is 3.18. The van der Waals surface area contributed by atoms with Crippen LogP contribution in [0.3, 0.4) is 0 Å². The first-order valence-electron chi connectivity index (χ1n) is 11.5. The number of rotatable bonds is 5. The summed E-state index contributed by atoms with van der Waals surface area (Å²) in [5.41, 5.74) is 3.19. The highest BCUT2D eigenvalue weighted by atomic mass is 127. The minimum Gasteiger partial charge on any atom is -0.357 e. The largest absolute Gasteiger partial charge is 0.357 e. The highest BCUT2D eigenvalue weighted by Crippen LogP contribution is 2.25. The van der Waals surface area contributed by atoms with Gasteiger partial charge >= 0.3 is 0 Å². The summed E-state index contributed by atoms with van der Waals surface area (Å²) in [4.78, 5) is 12.3. The van der Waals surface area contributed by atoms with Crippen LogP contribution in [0.25, 0.3) is 5.65 Å². The van der Waals surface area contributed by atoms with Gasteiger partial charge in [-0.3, -0.25) is 0 Å². The molecule has 2 aromatic rings. The molecule has 0 radical (unpaired) electrons. The average molecular weight is 524 g/mol. The maximum Gasteiger partial charge on any atom is 0.191 e. The van der Waals surface area contributed by atoms with Crippen molar-refractivity contribution < 1.29 is 0 Å². The standard InChI is InChI=1S/C23H36N6.HI/c1-3-24-23(25-16-20-17-29-18(2)8-7-11-22(29)26-20)27-19-12-14-28(15-13-19)21-9-5-4-6-10-21;/h7-8,11,17,19,21H,3-6,9-10,12-16H2,1-2H3,(H2,24,25,27);1H. The van der Waals surface area contributed by atoms with Gasteiger partial charge in [0.1, 0.15) is 5.65 Å². The molecule has 166 valence electrons. The molecule has 0 amide bonds. The number of imidazole rings is 1. The fraction of sp³-hybridized carbons (Fsp3) is 0.652. The molecule has 2 aromatic heterocycles. The quantitative estimate of drug-likeness (QED) is 0.351. The molecule has 0 atom stereocenters. The van der Waals surface area contributed by atoms with Gasteiger partial charge in [-0.25, -0.2) is 9.98 Å². The zero-order valence-electron chi connectivity index (χ0n) is 18.4. The number of aliphatic imine (C=N–C) groups is 1. The highest BCUT2D eigenvalue weighted by molar-refractivity contribution is 14.0. The molecule has 6 nitrogen and oxygen atoms in total. The van der Waals surface area contributed by atoms with Gasteiger partial charge in [-0.2, -0.15) is 0 Å². The van der Waals surface area contributed by atoms with Crippen LogP contribution in [-0.4, -0.2) is 52.0 Å². The summed E-state index contributed by atoms with van der Waals surface area (Å²) in [7, 11) is 0. The molecule has 1 aliphatic heterocycles.